The van der Waals surface area contributed by atoms with Crippen molar-refractivity contribution in [3.8, 4) is 11.1 Å². The number of carbonyl (C=O) groups excluding carboxylic acids is 1. The molecule has 1 N–H and O–H groups in total. The summed E-state index contributed by atoms with van der Waals surface area (Å²) in [6.45, 7) is 3.27. The highest BCUT2D eigenvalue weighted by atomic mass is 35.5. The predicted octanol–water partition coefficient (Wildman–Crippen LogP) is 3.14. The van der Waals surface area contributed by atoms with Crippen LogP contribution in [0.3, 0.4) is 0 Å². The van der Waals surface area contributed by atoms with Gasteiger partial charge >= 0.3 is 0 Å². The van der Waals surface area contributed by atoms with Gasteiger partial charge in [-0.3, -0.25) is 4.79 Å². The summed E-state index contributed by atoms with van der Waals surface area (Å²) < 4.78 is 5.79. The highest BCUT2D eigenvalue weighted by Crippen LogP contribution is 2.29. The molecule has 5 heterocycles. The zero-order valence-corrected chi connectivity index (χ0v) is 15.6. The number of hydrogen-bond acceptors (Lipinski definition) is 5. The van der Waals surface area contributed by atoms with E-state index in [-0.39, 0.29) is 24.4 Å². The summed E-state index contributed by atoms with van der Waals surface area (Å²) in [5.41, 5.74) is 2.65. The minimum Gasteiger partial charge on any atom is -0.451 e. The van der Waals surface area contributed by atoms with Crippen molar-refractivity contribution in [2.75, 3.05) is 19.6 Å². The number of nitrogens with one attached hydrogen (secondary N) is 1. The first-order chi connectivity index (χ1) is 12.8. The van der Waals surface area contributed by atoms with Gasteiger partial charge in [-0.1, -0.05) is 6.07 Å². The molecule has 0 unspecified atom stereocenters. The van der Waals surface area contributed by atoms with Crippen molar-refractivity contribution in [1.29, 1.82) is 0 Å². The molecule has 2 bridgehead atoms. The lowest BCUT2D eigenvalue weighted by atomic mass is 9.84. The Labute approximate surface area is 163 Å². The topological polar surface area (TPSA) is 71.3 Å². The fourth-order valence-electron chi connectivity index (χ4n) is 4.15. The number of rotatable bonds is 3. The molecule has 2 aromatic heterocycles. The number of carbonyl (C=O) groups is 1. The van der Waals surface area contributed by atoms with Crippen molar-refractivity contribution in [3.63, 3.8) is 0 Å². The molecule has 3 aliphatic heterocycles. The molecule has 3 aliphatic rings. The molecular weight excluding hydrogens is 364 g/mol. The molecule has 1 aromatic carbocycles. The normalized spacial score (nSPS) is 23.8. The van der Waals surface area contributed by atoms with Crippen LogP contribution in [0.4, 0.5) is 0 Å². The molecule has 140 valence electrons. The number of benzene rings is 1. The molecule has 27 heavy (non-hydrogen) atoms. The van der Waals surface area contributed by atoms with Gasteiger partial charge in [0.15, 0.2) is 5.76 Å². The summed E-state index contributed by atoms with van der Waals surface area (Å²) in [6.07, 6.45) is 7.41. The monoisotopic (exact) mass is 384 g/mol. The van der Waals surface area contributed by atoms with Gasteiger partial charge in [-0.25, -0.2) is 9.97 Å². The highest BCUT2D eigenvalue weighted by Gasteiger charge is 2.35. The van der Waals surface area contributed by atoms with E-state index in [2.05, 4.69) is 20.2 Å². The van der Waals surface area contributed by atoms with Gasteiger partial charge in [0.25, 0.3) is 5.91 Å². The van der Waals surface area contributed by atoms with E-state index in [0.29, 0.717) is 17.3 Å². The predicted molar refractivity (Wildman–Crippen MR) is 105 cm³/mol. The van der Waals surface area contributed by atoms with Gasteiger partial charge in [0.1, 0.15) is 11.9 Å². The maximum atomic E-state index is 12.7. The first-order valence-electron chi connectivity index (χ1n) is 9.08. The zero-order chi connectivity index (χ0) is 17.5. The number of amides is 1. The van der Waals surface area contributed by atoms with Crippen LogP contribution in [0.5, 0.6) is 0 Å². The Bertz CT molecular complexity index is 951. The average molecular weight is 385 g/mol. The van der Waals surface area contributed by atoms with E-state index in [1.54, 1.807) is 12.4 Å². The second-order valence-electron chi connectivity index (χ2n) is 7.21. The summed E-state index contributed by atoms with van der Waals surface area (Å²) in [5.74, 6) is 0.848. The van der Waals surface area contributed by atoms with E-state index in [9.17, 15) is 4.79 Å². The smallest absolute Gasteiger partial charge is 0.287 e. The summed E-state index contributed by atoms with van der Waals surface area (Å²) in [6, 6.07) is 7.90. The van der Waals surface area contributed by atoms with Crippen LogP contribution >= 0.6 is 12.4 Å². The van der Waals surface area contributed by atoms with Crippen LogP contribution in [-0.2, 0) is 0 Å². The molecular formula is C20H21ClN4O2. The Hall–Kier alpha value is -2.44. The van der Waals surface area contributed by atoms with Crippen molar-refractivity contribution < 1.29 is 9.21 Å². The van der Waals surface area contributed by atoms with Gasteiger partial charge in [0.2, 0.25) is 0 Å². The molecule has 3 fully saturated rings. The van der Waals surface area contributed by atoms with Gasteiger partial charge in [0, 0.05) is 35.9 Å². The van der Waals surface area contributed by atoms with Gasteiger partial charge < -0.3 is 14.6 Å². The molecule has 3 saturated heterocycles. The number of aromatic nitrogens is 2. The molecule has 0 saturated carbocycles. The number of furan rings is 1. The number of hydrogen-bond donors (Lipinski definition) is 1. The fourth-order valence-corrected chi connectivity index (χ4v) is 4.15. The van der Waals surface area contributed by atoms with E-state index in [4.69, 9.17) is 4.42 Å². The first-order valence-corrected chi connectivity index (χ1v) is 9.08. The summed E-state index contributed by atoms with van der Waals surface area (Å²) in [7, 11) is 0. The van der Waals surface area contributed by atoms with Crippen LogP contribution in [0.1, 0.15) is 23.4 Å². The standard InChI is InChI=1S/C20H20N4O2.ClH/c25-20(23-17-11-24-5-3-13(17)4-6-24)19-8-15-7-14(1-2-18(15)26-19)16-9-21-12-22-10-16;/h1-2,7-10,12-13,17H,3-6,11H2,(H,23,25);1H/t17-;/m0./s1. The van der Waals surface area contributed by atoms with Crippen molar-refractivity contribution in [1.82, 2.24) is 20.2 Å². The number of nitrogens with zero attached hydrogens (tertiary/aromatic N) is 3. The van der Waals surface area contributed by atoms with E-state index in [1.807, 2.05) is 24.3 Å². The second-order valence-corrected chi connectivity index (χ2v) is 7.21. The molecule has 7 heteroatoms. The fraction of sp³-hybridized carbons (Fsp3) is 0.350. The zero-order valence-electron chi connectivity index (χ0n) is 14.8. The molecule has 6 rings (SSSR count). The Morgan fingerprint density at radius 1 is 1.11 bits per heavy atom. The maximum absolute atomic E-state index is 12.7. The first kappa shape index (κ1) is 17.9. The van der Waals surface area contributed by atoms with Crippen LogP contribution in [0.2, 0.25) is 0 Å². The third kappa shape index (κ3) is 3.42. The Morgan fingerprint density at radius 2 is 1.89 bits per heavy atom. The summed E-state index contributed by atoms with van der Waals surface area (Å²) in [4.78, 5) is 23.2. The SMILES string of the molecule is Cl.O=C(N[C@H]1CN2CCC1CC2)c1cc2cc(-c3cncnc3)ccc2o1. The molecule has 0 radical (unpaired) electrons. The molecule has 6 nitrogen and oxygen atoms in total. The minimum absolute atomic E-state index is 0. The lowest BCUT2D eigenvalue weighted by Crippen LogP contribution is -2.57. The van der Waals surface area contributed by atoms with Crippen LogP contribution < -0.4 is 5.32 Å². The Kier molecular flexibility index (Phi) is 4.85. The molecule has 0 spiro atoms. The van der Waals surface area contributed by atoms with Crippen molar-refractivity contribution in [3.05, 3.63) is 48.7 Å². The highest BCUT2D eigenvalue weighted by molar-refractivity contribution is 5.97. The number of piperidine rings is 3. The molecule has 1 amide bonds. The lowest BCUT2D eigenvalue weighted by molar-refractivity contribution is 0.0607. The largest absolute Gasteiger partial charge is 0.451 e. The van der Waals surface area contributed by atoms with Crippen LogP contribution in [0, 0.1) is 5.92 Å². The summed E-state index contributed by atoms with van der Waals surface area (Å²) >= 11 is 0. The van der Waals surface area contributed by atoms with Crippen molar-refractivity contribution >= 4 is 29.3 Å². The number of halogens is 1. The van der Waals surface area contributed by atoms with Crippen LogP contribution in [-0.4, -0.2) is 46.5 Å². The third-order valence-corrected chi connectivity index (χ3v) is 5.61. The minimum atomic E-state index is -0.121. The number of fused-ring (bicyclic) bond motifs is 4. The van der Waals surface area contributed by atoms with Crippen LogP contribution in [0.25, 0.3) is 22.1 Å². The van der Waals surface area contributed by atoms with Gasteiger partial charge in [-0.15, -0.1) is 12.4 Å². The van der Waals surface area contributed by atoms with E-state index >= 15 is 0 Å². The molecule has 3 aromatic rings. The Balaban J connectivity index is 0.00000180. The van der Waals surface area contributed by atoms with Crippen molar-refractivity contribution in [2.45, 2.75) is 18.9 Å². The Morgan fingerprint density at radius 3 is 2.59 bits per heavy atom. The quantitative estimate of drug-likeness (QED) is 0.751. The van der Waals surface area contributed by atoms with Crippen LogP contribution in [0.15, 0.2) is 47.4 Å². The van der Waals surface area contributed by atoms with Gasteiger partial charge in [-0.05, 0) is 55.6 Å². The third-order valence-electron chi connectivity index (χ3n) is 5.61. The average Bonchev–Trinajstić information content (AvgIpc) is 3.13. The van der Waals surface area contributed by atoms with E-state index in [0.717, 1.165) is 36.1 Å². The van der Waals surface area contributed by atoms with E-state index < -0.39 is 0 Å². The maximum Gasteiger partial charge on any atom is 0.287 e. The van der Waals surface area contributed by atoms with Gasteiger partial charge in [0.05, 0.1) is 0 Å². The second kappa shape index (κ2) is 7.29. The molecule has 0 aliphatic carbocycles. The van der Waals surface area contributed by atoms with E-state index in [1.165, 1.54) is 19.2 Å². The van der Waals surface area contributed by atoms with Gasteiger partial charge in [-0.2, -0.15) is 0 Å². The lowest BCUT2D eigenvalue weighted by Gasteiger charge is -2.44. The van der Waals surface area contributed by atoms with Crippen molar-refractivity contribution in [2.24, 2.45) is 5.92 Å². The molecule has 1 atom stereocenters. The summed E-state index contributed by atoms with van der Waals surface area (Å²) in [5, 5.41) is 4.09.